The summed E-state index contributed by atoms with van der Waals surface area (Å²) in [5.74, 6) is 0. The fourth-order valence-electron chi connectivity index (χ4n) is 1.73. The third kappa shape index (κ3) is 1.69. The van der Waals surface area contributed by atoms with Gasteiger partial charge in [-0.1, -0.05) is 6.07 Å². The molecule has 0 saturated heterocycles. The predicted molar refractivity (Wildman–Crippen MR) is 61.1 cm³/mol. The molecule has 0 aromatic carbocycles. The van der Waals surface area contributed by atoms with E-state index >= 15 is 0 Å². The molecule has 0 aliphatic heterocycles. The summed E-state index contributed by atoms with van der Waals surface area (Å²) in [6.07, 6.45) is 6.74. The number of pyridine rings is 1. The van der Waals surface area contributed by atoms with Gasteiger partial charge in [0.25, 0.3) is 0 Å². The van der Waals surface area contributed by atoms with Gasteiger partial charge in [-0.15, -0.1) is 0 Å². The molecule has 3 heterocycles. The summed E-state index contributed by atoms with van der Waals surface area (Å²) in [4.78, 5) is 15.2. The summed E-state index contributed by atoms with van der Waals surface area (Å²) in [5.41, 5.74) is 2.66. The van der Waals surface area contributed by atoms with Gasteiger partial charge in [0.2, 0.25) is 0 Å². The molecule has 2 N–H and O–H groups in total. The Balaban J connectivity index is 2.10. The molecule has 0 unspecified atom stereocenters. The average molecular weight is 226 g/mol. The highest BCUT2D eigenvalue weighted by molar-refractivity contribution is 5.68. The first-order valence-corrected chi connectivity index (χ1v) is 5.16. The number of imidazole rings is 1. The lowest BCUT2D eigenvalue weighted by atomic mass is 10.3. The molecule has 0 saturated carbocycles. The second kappa shape index (κ2) is 3.82. The SMILES string of the molecule is N=c1ncn(Cc2cccnc2)c2nc[nH]c12. The van der Waals surface area contributed by atoms with E-state index in [9.17, 15) is 0 Å². The zero-order valence-electron chi connectivity index (χ0n) is 8.96. The van der Waals surface area contributed by atoms with Gasteiger partial charge in [-0.2, -0.15) is 0 Å². The van der Waals surface area contributed by atoms with Crippen molar-refractivity contribution >= 4 is 11.2 Å². The first-order chi connectivity index (χ1) is 8.34. The first kappa shape index (κ1) is 9.71. The summed E-state index contributed by atoms with van der Waals surface area (Å²) in [6, 6.07) is 3.89. The molecule has 0 bridgehead atoms. The van der Waals surface area contributed by atoms with Crippen molar-refractivity contribution in [3.8, 4) is 0 Å². The zero-order valence-corrected chi connectivity index (χ0v) is 8.96. The van der Waals surface area contributed by atoms with Crippen LogP contribution >= 0.6 is 0 Å². The van der Waals surface area contributed by atoms with Crippen LogP contribution in [0.2, 0.25) is 0 Å². The van der Waals surface area contributed by atoms with E-state index in [4.69, 9.17) is 5.41 Å². The van der Waals surface area contributed by atoms with Crippen molar-refractivity contribution in [1.29, 1.82) is 5.41 Å². The number of nitrogens with zero attached hydrogens (tertiary/aromatic N) is 4. The van der Waals surface area contributed by atoms with E-state index in [0.717, 1.165) is 11.2 Å². The molecule has 17 heavy (non-hydrogen) atoms. The zero-order chi connectivity index (χ0) is 11.7. The lowest BCUT2D eigenvalue weighted by Gasteiger charge is -2.06. The van der Waals surface area contributed by atoms with Crippen molar-refractivity contribution in [1.82, 2.24) is 24.5 Å². The normalized spacial score (nSPS) is 10.8. The molecule has 0 radical (unpaired) electrons. The minimum absolute atomic E-state index is 0.208. The third-order valence-corrected chi connectivity index (χ3v) is 2.53. The first-order valence-electron chi connectivity index (χ1n) is 5.16. The van der Waals surface area contributed by atoms with E-state index in [0.29, 0.717) is 12.1 Å². The minimum atomic E-state index is 0.208. The van der Waals surface area contributed by atoms with Crippen LogP contribution in [0, 0.1) is 5.41 Å². The van der Waals surface area contributed by atoms with Crippen molar-refractivity contribution in [3.63, 3.8) is 0 Å². The fourth-order valence-corrected chi connectivity index (χ4v) is 1.73. The van der Waals surface area contributed by atoms with E-state index in [1.54, 1.807) is 25.0 Å². The number of fused-ring (bicyclic) bond motifs is 1. The van der Waals surface area contributed by atoms with Crippen LogP contribution < -0.4 is 5.49 Å². The Hall–Kier alpha value is -2.50. The molecular weight excluding hydrogens is 216 g/mol. The largest absolute Gasteiger partial charge is 0.340 e. The van der Waals surface area contributed by atoms with Gasteiger partial charge in [0.05, 0.1) is 19.2 Å². The van der Waals surface area contributed by atoms with E-state index < -0.39 is 0 Å². The molecule has 6 nitrogen and oxygen atoms in total. The van der Waals surface area contributed by atoms with Crippen LogP contribution in [0.3, 0.4) is 0 Å². The van der Waals surface area contributed by atoms with E-state index in [1.807, 2.05) is 16.7 Å². The van der Waals surface area contributed by atoms with Gasteiger partial charge in [0.15, 0.2) is 11.1 Å². The van der Waals surface area contributed by atoms with E-state index in [1.165, 1.54) is 0 Å². The number of aromatic amines is 1. The van der Waals surface area contributed by atoms with Crippen LogP contribution in [0.25, 0.3) is 11.2 Å². The highest BCUT2D eigenvalue weighted by atomic mass is 15.1. The minimum Gasteiger partial charge on any atom is -0.340 e. The molecule has 6 heteroatoms. The van der Waals surface area contributed by atoms with Crippen LogP contribution in [0.1, 0.15) is 5.56 Å². The van der Waals surface area contributed by atoms with Crippen molar-refractivity contribution in [2.75, 3.05) is 0 Å². The smallest absolute Gasteiger partial charge is 0.173 e. The maximum atomic E-state index is 7.65. The molecule has 84 valence electrons. The van der Waals surface area contributed by atoms with Gasteiger partial charge in [-0.25, -0.2) is 9.97 Å². The van der Waals surface area contributed by atoms with E-state index in [-0.39, 0.29) is 5.49 Å². The van der Waals surface area contributed by atoms with Crippen LogP contribution in [0.5, 0.6) is 0 Å². The number of hydrogen-bond acceptors (Lipinski definition) is 4. The standard InChI is InChI=1S/C11H10N6/c12-10-9-11(15-6-14-9)17(7-16-10)5-8-2-1-3-13-4-8/h1-4,6-7,12H,5H2,(H,14,15). The third-order valence-electron chi connectivity index (χ3n) is 2.53. The van der Waals surface area contributed by atoms with Gasteiger partial charge in [0, 0.05) is 12.4 Å². The van der Waals surface area contributed by atoms with Gasteiger partial charge in [-0.05, 0) is 11.6 Å². The monoisotopic (exact) mass is 226 g/mol. The number of H-pyrrole nitrogens is 1. The topological polar surface area (TPSA) is 83.2 Å². The lowest BCUT2D eigenvalue weighted by molar-refractivity contribution is 0.780. The molecule has 0 spiro atoms. The predicted octanol–water partition coefficient (Wildman–Crippen LogP) is 0.682. The Bertz CT molecular complexity index is 697. The van der Waals surface area contributed by atoms with Crippen molar-refractivity contribution in [2.45, 2.75) is 6.54 Å². The van der Waals surface area contributed by atoms with Gasteiger partial charge >= 0.3 is 0 Å². The van der Waals surface area contributed by atoms with Crippen molar-refractivity contribution < 1.29 is 0 Å². The Morgan fingerprint density at radius 3 is 3.12 bits per heavy atom. The second-order valence-electron chi connectivity index (χ2n) is 3.68. The molecule has 3 aromatic heterocycles. The highest BCUT2D eigenvalue weighted by Gasteiger charge is 2.04. The fraction of sp³-hybridized carbons (Fsp3) is 0.0909. The average Bonchev–Trinajstić information content (AvgIpc) is 2.84. The van der Waals surface area contributed by atoms with E-state index in [2.05, 4.69) is 19.9 Å². The van der Waals surface area contributed by atoms with Gasteiger partial charge < -0.3 is 9.55 Å². The number of rotatable bonds is 2. The number of hydrogen-bond donors (Lipinski definition) is 2. The van der Waals surface area contributed by atoms with Gasteiger partial charge in [0.1, 0.15) is 5.52 Å². The summed E-state index contributed by atoms with van der Waals surface area (Å²) >= 11 is 0. The maximum absolute atomic E-state index is 7.65. The number of aromatic nitrogens is 5. The maximum Gasteiger partial charge on any atom is 0.173 e. The molecule has 0 atom stereocenters. The second-order valence-corrected chi connectivity index (χ2v) is 3.68. The van der Waals surface area contributed by atoms with Crippen LogP contribution in [0.4, 0.5) is 0 Å². The van der Waals surface area contributed by atoms with Crippen LogP contribution in [-0.2, 0) is 6.54 Å². The molecule has 0 aliphatic carbocycles. The molecular formula is C11H10N6. The summed E-state index contributed by atoms with van der Waals surface area (Å²) in [6.45, 7) is 0.641. The van der Waals surface area contributed by atoms with Crippen molar-refractivity contribution in [2.24, 2.45) is 0 Å². The summed E-state index contributed by atoms with van der Waals surface area (Å²) in [7, 11) is 0. The highest BCUT2D eigenvalue weighted by Crippen LogP contribution is 2.06. The Kier molecular flexibility index (Phi) is 2.18. The Labute approximate surface area is 96.5 Å². The quantitative estimate of drug-likeness (QED) is 0.674. The molecule has 0 fully saturated rings. The summed E-state index contributed by atoms with van der Waals surface area (Å²) in [5, 5.41) is 7.65. The Morgan fingerprint density at radius 1 is 1.35 bits per heavy atom. The summed E-state index contributed by atoms with van der Waals surface area (Å²) < 4.78 is 1.89. The molecule has 0 aliphatic rings. The molecule has 0 amide bonds. The molecule has 3 rings (SSSR count). The van der Waals surface area contributed by atoms with Crippen LogP contribution in [0.15, 0.2) is 37.2 Å². The van der Waals surface area contributed by atoms with Crippen molar-refractivity contribution in [3.05, 3.63) is 48.2 Å². The van der Waals surface area contributed by atoms with Gasteiger partial charge in [-0.3, -0.25) is 10.4 Å². The lowest BCUT2D eigenvalue weighted by Crippen LogP contribution is -2.13. The number of nitrogens with one attached hydrogen (secondary N) is 2. The van der Waals surface area contributed by atoms with Crippen LogP contribution in [-0.4, -0.2) is 24.5 Å². The Morgan fingerprint density at radius 2 is 2.29 bits per heavy atom. The molecule has 3 aromatic rings.